The minimum atomic E-state index is -1.41. The van der Waals surface area contributed by atoms with Gasteiger partial charge in [-0.1, -0.05) is 0 Å². The van der Waals surface area contributed by atoms with Gasteiger partial charge >= 0.3 is 0 Å². The normalized spacial score (nSPS) is 43.9. The summed E-state index contributed by atoms with van der Waals surface area (Å²) in [5.41, 5.74) is 0. The van der Waals surface area contributed by atoms with Crippen molar-refractivity contribution in [3.05, 3.63) is 0 Å². The van der Waals surface area contributed by atoms with E-state index in [2.05, 4.69) is 0 Å². The maximum atomic E-state index is 9.53. The molecule has 1 fully saturated rings. The van der Waals surface area contributed by atoms with Crippen molar-refractivity contribution >= 4 is 0 Å². The molecule has 0 aromatic carbocycles. The van der Waals surface area contributed by atoms with Crippen LogP contribution in [0.3, 0.4) is 0 Å². The van der Waals surface area contributed by atoms with E-state index >= 15 is 0 Å². The lowest BCUT2D eigenvalue weighted by Gasteiger charge is -2.39. The molecule has 1 heterocycles. The van der Waals surface area contributed by atoms with Crippen molar-refractivity contribution in [1.82, 2.24) is 0 Å². The molecule has 6 heteroatoms. The zero-order valence-corrected chi connectivity index (χ0v) is 8.16. The highest BCUT2D eigenvalue weighted by molar-refractivity contribution is 4.89. The number of hydrogen-bond donors (Lipinski definition) is 3. The quantitative estimate of drug-likeness (QED) is 0.501. The standard InChI is InChI=1S/C8H16O6/c1-12-3-4-7(13-2)5(9)6(10)8(11)14-4/h4-11H,3H2,1-2H3/t4-,5-,6+,7+,8-/m1/s1. The number of aliphatic hydroxyl groups excluding tert-OH is 3. The van der Waals surface area contributed by atoms with Gasteiger partial charge in [0.05, 0.1) is 6.61 Å². The Morgan fingerprint density at radius 1 is 1.14 bits per heavy atom. The molecular weight excluding hydrogens is 192 g/mol. The third kappa shape index (κ3) is 2.22. The molecule has 0 amide bonds. The topological polar surface area (TPSA) is 88.4 Å². The van der Waals surface area contributed by atoms with Gasteiger partial charge in [0, 0.05) is 14.2 Å². The molecule has 1 saturated heterocycles. The summed E-state index contributed by atoms with van der Waals surface area (Å²) >= 11 is 0. The summed E-state index contributed by atoms with van der Waals surface area (Å²) in [6.45, 7) is 0.180. The predicted molar refractivity (Wildman–Crippen MR) is 45.6 cm³/mol. The molecule has 0 aromatic rings. The Labute approximate surface area is 82.0 Å². The molecule has 3 N–H and O–H groups in total. The van der Waals surface area contributed by atoms with Gasteiger partial charge in [0.1, 0.15) is 24.4 Å². The van der Waals surface area contributed by atoms with Gasteiger partial charge in [0.2, 0.25) is 0 Å². The van der Waals surface area contributed by atoms with Gasteiger partial charge in [0.25, 0.3) is 0 Å². The van der Waals surface area contributed by atoms with Crippen LogP contribution in [-0.2, 0) is 14.2 Å². The third-order valence-electron chi connectivity index (χ3n) is 2.26. The molecule has 0 aromatic heterocycles. The SMILES string of the molecule is COC[C@H]1O[C@@H](O)[C@@H](O)[C@@H](O)[C@H]1OC. The van der Waals surface area contributed by atoms with E-state index in [-0.39, 0.29) is 6.61 Å². The first-order chi connectivity index (χ1) is 6.61. The molecule has 1 aliphatic heterocycles. The van der Waals surface area contributed by atoms with Gasteiger partial charge < -0.3 is 29.5 Å². The fourth-order valence-electron chi connectivity index (χ4n) is 1.51. The van der Waals surface area contributed by atoms with E-state index in [0.29, 0.717) is 0 Å². The lowest BCUT2D eigenvalue weighted by atomic mass is 9.99. The molecule has 0 unspecified atom stereocenters. The highest BCUT2D eigenvalue weighted by Crippen LogP contribution is 2.21. The molecule has 1 rings (SSSR count). The van der Waals surface area contributed by atoms with Crippen molar-refractivity contribution in [3.63, 3.8) is 0 Å². The lowest BCUT2D eigenvalue weighted by molar-refractivity contribution is -0.291. The summed E-state index contributed by atoms with van der Waals surface area (Å²) < 4.78 is 14.8. The average Bonchev–Trinajstić information content (AvgIpc) is 2.16. The molecule has 1 aliphatic rings. The number of aliphatic hydroxyl groups is 3. The summed E-state index contributed by atoms with van der Waals surface area (Å²) in [7, 11) is 2.87. The minimum Gasteiger partial charge on any atom is -0.387 e. The van der Waals surface area contributed by atoms with Gasteiger partial charge in [-0.3, -0.25) is 0 Å². The average molecular weight is 208 g/mol. The van der Waals surface area contributed by atoms with Gasteiger partial charge in [0.15, 0.2) is 6.29 Å². The maximum Gasteiger partial charge on any atom is 0.184 e. The van der Waals surface area contributed by atoms with Crippen LogP contribution >= 0.6 is 0 Å². The molecule has 14 heavy (non-hydrogen) atoms. The molecule has 0 radical (unpaired) electrons. The van der Waals surface area contributed by atoms with Crippen LogP contribution in [0.25, 0.3) is 0 Å². The Kier molecular flexibility index (Phi) is 4.24. The summed E-state index contributed by atoms with van der Waals surface area (Å²) in [4.78, 5) is 0. The van der Waals surface area contributed by atoms with E-state index in [4.69, 9.17) is 14.2 Å². The Hall–Kier alpha value is -0.240. The van der Waals surface area contributed by atoms with Crippen LogP contribution in [0.15, 0.2) is 0 Å². The Morgan fingerprint density at radius 3 is 2.29 bits per heavy atom. The fourth-order valence-corrected chi connectivity index (χ4v) is 1.51. The molecule has 0 aliphatic carbocycles. The molecule has 0 bridgehead atoms. The van der Waals surface area contributed by atoms with Gasteiger partial charge in [-0.25, -0.2) is 0 Å². The van der Waals surface area contributed by atoms with Gasteiger partial charge in [-0.05, 0) is 0 Å². The first-order valence-corrected chi connectivity index (χ1v) is 4.33. The van der Waals surface area contributed by atoms with E-state index < -0.39 is 30.7 Å². The summed E-state index contributed by atoms with van der Waals surface area (Å²) in [6.07, 6.45) is -5.22. The Morgan fingerprint density at radius 2 is 1.79 bits per heavy atom. The summed E-state index contributed by atoms with van der Waals surface area (Å²) in [5, 5.41) is 28.0. The van der Waals surface area contributed by atoms with Crippen LogP contribution in [0.5, 0.6) is 0 Å². The minimum absolute atomic E-state index is 0.180. The Bertz CT molecular complexity index is 175. The number of ether oxygens (including phenoxy) is 3. The molecule has 0 saturated carbocycles. The van der Waals surface area contributed by atoms with Crippen molar-refractivity contribution in [2.75, 3.05) is 20.8 Å². The largest absolute Gasteiger partial charge is 0.387 e. The zero-order valence-electron chi connectivity index (χ0n) is 8.16. The second kappa shape index (κ2) is 5.01. The van der Waals surface area contributed by atoms with Crippen LogP contribution < -0.4 is 0 Å². The van der Waals surface area contributed by atoms with Gasteiger partial charge in [-0.15, -0.1) is 0 Å². The fraction of sp³-hybridized carbons (Fsp3) is 1.00. The highest BCUT2D eigenvalue weighted by atomic mass is 16.7. The van der Waals surface area contributed by atoms with Crippen molar-refractivity contribution in [2.24, 2.45) is 0 Å². The summed E-state index contributed by atoms with van der Waals surface area (Å²) in [5.74, 6) is 0. The monoisotopic (exact) mass is 208 g/mol. The first kappa shape index (κ1) is 11.8. The van der Waals surface area contributed by atoms with E-state index in [9.17, 15) is 15.3 Å². The number of rotatable bonds is 3. The van der Waals surface area contributed by atoms with Crippen molar-refractivity contribution in [1.29, 1.82) is 0 Å². The van der Waals surface area contributed by atoms with Gasteiger partial charge in [-0.2, -0.15) is 0 Å². The van der Waals surface area contributed by atoms with E-state index in [1.807, 2.05) is 0 Å². The summed E-state index contributed by atoms with van der Waals surface area (Å²) in [6, 6.07) is 0. The lowest BCUT2D eigenvalue weighted by Crippen LogP contribution is -2.59. The Balaban J connectivity index is 2.66. The van der Waals surface area contributed by atoms with Crippen molar-refractivity contribution < 1.29 is 29.5 Å². The van der Waals surface area contributed by atoms with Crippen LogP contribution in [0, 0.1) is 0 Å². The molecule has 5 atom stereocenters. The molecular formula is C8H16O6. The van der Waals surface area contributed by atoms with Crippen molar-refractivity contribution in [2.45, 2.75) is 30.7 Å². The van der Waals surface area contributed by atoms with Crippen molar-refractivity contribution in [3.8, 4) is 0 Å². The highest BCUT2D eigenvalue weighted by Gasteiger charge is 2.43. The van der Waals surface area contributed by atoms with E-state index in [1.165, 1.54) is 14.2 Å². The second-order valence-electron chi connectivity index (χ2n) is 3.20. The molecule has 84 valence electrons. The van der Waals surface area contributed by atoms with Crippen LogP contribution in [-0.4, -0.2) is 66.9 Å². The predicted octanol–water partition coefficient (Wildman–Crippen LogP) is -1.91. The van der Waals surface area contributed by atoms with E-state index in [0.717, 1.165) is 0 Å². The van der Waals surface area contributed by atoms with Crippen LogP contribution in [0.4, 0.5) is 0 Å². The molecule has 6 nitrogen and oxygen atoms in total. The zero-order chi connectivity index (χ0) is 10.7. The second-order valence-corrected chi connectivity index (χ2v) is 3.20. The smallest absolute Gasteiger partial charge is 0.184 e. The third-order valence-corrected chi connectivity index (χ3v) is 2.26. The number of methoxy groups -OCH3 is 2. The number of hydrogen-bond acceptors (Lipinski definition) is 6. The van der Waals surface area contributed by atoms with Crippen LogP contribution in [0.2, 0.25) is 0 Å². The van der Waals surface area contributed by atoms with E-state index in [1.54, 1.807) is 0 Å². The first-order valence-electron chi connectivity index (χ1n) is 4.33. The van der Waals surface area contributed by atoms with Crippen LogP contribution in [0.1, 0.15) is 0 Å². The molecule has 0 spiro atoms. The maximum absolute atomic E-state index is 9.53.